The first-order valence-corrected chi connectivity index (χ1v) is 4.92. The average molecular weight is 247 g/mol. The molecule has 6 heteroatoms. The third-order valence-corrected chi connectivity index (χ3v) is 2.27. The second-order valence-electron chi connectivity index (χ2n) is 3.59. The van der Waals surface area contributed by atoms with E-state index in [0.717, 1.165) is 0 Å². The van der Waals surface area contributed by atoms with Gasteiger partial charge in [0.1, 0.15) is 0 Å². The molecule has 17 heavy (non-hydrogen) atoms. The molecule has 0 aromatic heterocycles. The summed E-state index contributed by atoms with van der Waals surface area (Å²) in [4.78, 5) is 10.7. The lowest BCUT2D eigenvalue weighted by molar-refractivity contribution is -0.174. The maximum absolute atomic E-state index is 12.0. The highest BCUT2D eigenvalue weighted by molar-refractivity contribution is 5.82. The predicted molar refractivity (Wildman–Crippen MR) is 55.0 cm³/mol. The summed E-state index contributed by atoms with van der Waals surface area (Å²) in [7, 11) is 0. The molecule has 2 N–H and O–H groups in total. The maximum Gasteiger partial charge on any atom is 0.471 e. The Labute approximate surface area is 96.3 Å². The molecule has 1 aromatic carbocycles. The van der Waals surface area contributed by atoms with Crippen LogP contribution in [0.25, 0.3) is 0 Å². The van der Waals surface area contributed by atoms with Crippen molar-refractivity contribution < 1.29 is 23.1 Å². The van der Waals surface area contributed by atoms with Gasteiger partial charge in [0.2, 0.25) is 0 Å². The van der Waals surface area contributed by atoms with Crippen LogP contribution in [-0.2, 0) is 11.4 Å². The van der Waals surface area contributed by atoms with E-state index in [0.29, 0.717) is 11.1 Å². The lowest BCUT2D eigenvalue weighted by Crippen LogP contribution is -2.38. The summed E-state index contributed by atoms with van der Waals surface area (Å²) in [6.45, 7) is 1.32. The van der Waals surface area contributed by atoms with Gasteiger partial charge in [-0.2, -0.15) is 13.2 Å². The number of carbonyl (C=O) groups excluding carboxylic acids is 1. The van der Waals surface area contributed by atoms with Gasteiger partial charge in [0.05, 0.1) is 12.6 Å². The Balaban J connectivity index is 2.70. The molecule has 1 aromatic rings. The fraction of sp³-hybridized carbons (Fsp3) is 0.364. The van der Waals surface area contributed by atoms with E-state index in [9.17, 15) is 18.0 Å². The second-order valence-corrected chi connectivity index (χ2v) is 3.59. The molecule has 0 aliphatic heterocycles. The summed E-state index contributed by atoms with van der Waals surface area (Å²) in [5, 5.41) is 10.6. The Bertz CT molecular complexity index is 387. The Morgan fingerprint density at radius 1 is 1.35 bits per heavy atom. The first-order chi connectivity index (χ1) is 7.84. The number of amides is 1. The molecule has 3 nitrogen and oxygen atoms in total. The van der Waals surface area contributed by atoms with Gasteiger partial charge in [-0.05, 0) is 18.1 Å². The quantitative estimate of drug-likeness (QED) is 0.857. The number of rotatable bonds is 3. The van der Waals surface area contributed by atoms with Crippen molar-refractivity contribution in [2.75, 3.05) is 0 Å². The highest BCUT2D eigenvalue weighted by atomic mass is 19.4. The number of halogens is 3. The fourth-order valence-corrected chi connectivity index (χ4v) is 1.27. The first-order valence-electron chi connectivity index (χ1n) is 4.92. The van der Waals surface area contributed by atoms with Crippen LogP contribution in [-0.4, -0.2) is 17.2 Å². The van der Waals surface area contributed by atoms with Crippen molar-refractivity contribution in [3.05, 3.63) is 35.4 Å². The summed E-state index contributed by atoms with van der Waals surface area (Å²) in [6.07, 6.45) is -4.88. The van der Waals surface area contributed by atoms with Crippen LogP contribution >= 0.6 is 0 Å². The van der Waals surface area contributed by atoms with Gasteiger partial charge in [0.25, 0.3) is 0 Å². The van der Waals surface area contributed by atoms with Crippen LogP contribution in [0.15, 0.2) is 24.3 Å². The van der Waals surface area contributed by atoms with Crippen molar-refractivity contribution in [1.82, 2.24) is 5.32 Å². The third-order valence-electron chi connectivity index (χ3n) is 2.27. The molecule has 94 valence electrons. The maximum atomic E-state index is 12.0. The Morgan fingerprint density at radius 2 is 1.88 bits per heavy atom. The number of hydrogen-bond donors (Lipinski definition) is 2. The van der Waals surface area contributed by atoms with E-state index >= 15 is 0 Å². The molecule has 0 saturated heterocycles. The van der Waals surface area contributed by atoms with Gasteiger partial charge in [-0.25, -0.2) is 0 Å². The zero-order valence-electron chi connectivity index (χ0n) is 9.08. The molecule has 0 spiro atoms. The van der Waals surface area contributed by atoms with Crippen molar-refractivity contribution in [2.45, 2.75) is 25.7 Å². The zero-order chi connectivity index (χ0) is 13.1. The monoisotopic (exact) mass is 247 g/mol. The number of hydrogen-bond acceptors (Lipinski definition) is 2. The van der Waals surface area contributed by atoms with E-state index in [1.807, 2.05) is 5.32 Å². The highest BCUT2D eigenvalue weighted by Crippen LogP contribution is 2.18. The van der Waals surface area contributed by atoms with Gasteiger partial charge >= 0.3 is 12.1 Å². The minimum atomic E-state index is -4.88. The summed E-state index contributed by atoms with van der Waals surface area (Å²) < 4.78 is 36.0. The van der Waals surface area contributed by atoms with E-state index < -0.39 is 18.1 Å². The Kier molecular flexibility index (Phi) is 4.11. The molecule has 0 fully saturated rings. The molecule has 0 radical (unpaired) electrons. The van der Waals surface area contributed by atoms with E-state index in [1.54, 1.807) is 24.3 Å². The van der Waals surface area contributed by atoms with Crippen molar-refractivity contribution in [1.29, 1.82) is 0 Å². The summed E-state index contributed by atoms with van der Waals surface area (Å²) in [5.41, 5.74) is 1.20. The molecule has 0 saturated carbocycles. The topological polar surface area (TPSA) is 49.3 Å². The van der Waals surface area contributed by atoms with E-state index in [4.69, 9.17) is 5.11 Å². The van der Waals surface area contributed by atoms with E-state index in [-0.39, 0.29) is 6.61 Å². The fourth-order valence-electron chi connectivity index (χ4n) is 1.27. The molecule has 1 atom stereocenters. The minimum Gasteiger partial charge on any atom is -0.392 e. The lowest BCUT2D eigenvalue weighted by atomic mass is 10.1. The summed E-state index contributed by atoms with van der Waals surface area (Å²) >= 11 is 0. The Morgan fingerprint density at radius 3 is 2.29 bits per heavy atom. The number of aliphatic hydroxyl groups is 1. The van der Waals surface area contributed by atoms with Gasteiger partial charge in [-0.1, -0.05) is 24.3 Å². The van der Waals surface area contributed by atoms with Crippen LogP contribution < -0.4 is 5.32 Å². The second kappa shape index (κ2) is 5.18. The number of benzene rings is 1. The molecule has 1 unspecified atom stereocenters. The van der Waals surface area contributed by atoms with Crippen molar-refractivity contribution in [2.24, 2.45) is 0 Å². The molecule has 0 bridgehead atoms. The predicted octanol–water partition coefficient (Wildman–Crippen LogP) is 1.92. The van der Waals surface area contributed by atoms with Crippen LogP contribution in [0, 0.1) is 0 Å². The number of aliphatic hydroxyl groups excluding tert-OH is 1. The number of nitrogens with one attached hydrogen (secondary N) is 1. The van der Waals surface area contributed by atoms with Gasteiger partial charge in [-0.15, -0.1) is 0 Å². The van der Waals surface area contributed by atoms with Crippen LogP contribution in [0.5, 0.6) is 0 Å². The molecule has 0 heterocycles. The van der Waals surface area contributed by atoms with Gasteiger partial charge in [0.15, 0.2) is 0 Å². The molecule has 1 rings (SSSR count). The molecule has 1 amide bonds. The molecular weight excluding hydrogens is 235 g/mol. The van der Waals surface area contributed by atoms with E-state index in [1.165, 1.54) is 6.92 Å². The highest BCUT2D eigenvalue weighted by Gasteiger charge is 2.39. The largest absolute Gasteiger partial charge is 0.471 e. The van der Waals surface area contributed by atoms with Gasteiger partial charge in [0, 0.05) is 0 Å². The van der Waals surface area contributed by atoms with E-state index in [2.05, 4.69) is 0 Å². The first kappa shape index (κ1) is 13.5. The lowest BCUT2D eigenvalue weighted by Gasteiger charge is -2.15. The smallest absolute Gasteiger partial charge is 0.392 e. The normalized spacial score (nSPS) is 13.2. The number of carbonyl (C=O) groups is 1. The van der Waals surface area contributed by atoms with Crippen molar-refractivity contribution >= 4 is 5.91 Å². The minimum absolute atomic E-state index is 0.135. The van der Waals surface area contributed by atoms with Crippen LogP contribution in [0.2, 0.25) is 0 Å². The molecule has 0 aliphatic rings. The standard InChI is InChI=1S/C11H12F3NO2/c1-7(15-10(17)11(12,13)14)9-4-2-8(6-16)3-5-9/h2-5,7,16H,6H2,1H3,(H,15,17). The summed E-state index contributed by atoms with van der Waals surface area (Å²) in [5.74, 6) is -1.96. The third kappa shape index (κ3) is 3.74. The van der Waals surface area contributed by atoms with Crippen LogP contribution in [0.1, 0.15) is 24.1 Å². The molecular formula is C11H12F3NO2. The number of alkyl halides is 3. The van der Waals surface area contributed by atoms with Crippen molar-refractivity contribution in [3.63, 3.8) is 0 Å². The van der Waals surface area contributed by atoms with Crippen molar-refractivity contribution in [3.8, 4) is 0 Å². The Hall–Kier alpha value is -1.56. The SMILES string of the molecule is CC(NC(=O)C(F)(F)F)c1ccc(CO)cc1. The van der Waals surface area contributed by atoms with Crippen LogP contribution in [0.4, 0.5) is 13.2 Å². The average Bonchev–Trinajstić information content (AvgIpc) is 2.27. The van der Waals surface area contributed by atoms with Crippen LogP contribution in [0.3, 0.4) is 0 Å². The zero-order valence-corrected chi connectivity index (χ0v) is 9.08. The van der Waals surface area contributed by atoms with Gasteiger partial charge < -0.3 is 10.4 Å². The van der Waals surface area contributed by atoms with Gasteiger partial charge in [-0.3, -0.25) is 4.79 Å². The summed E-state index contributed by atoms with van der Waals surface area (Å²) in [6, 6.07) is 5.56. The molecule has 0 aliphatic carbocycles.